The van der Waals surface area contributed by atoms with Gasteiger partial charge in [-0.1, -0.05) is 0 Å². The first-order valence-corrected chi connectivity index (χ1v) is 5.08. The van der Waals surface area contributed by atoms with Crippen LogP contribution in [-0.4, -0.2) is 27.6 Å². The number of rotatable bonds is 1. The molecule has 1 unspecified atom stereocenters. The highest BCUT2D eigenvalue weighted by molar-refractivity contribution is 5.66. The molecule has 1 atom stereocenters. The van der Waals surface area contributed by atoms with Crippen LogP contribution in [0.25, 0.3) is 0 Å². The normalized spacial score (nSPS) is 19.4. The van der Waals surface area contributed by atoms with Crippen molar-refractivity contribution in [2.75, 3.05) is 6.54 Å². The first-order valence-electron chi connectivity index (χ1n) is 5.08. The lowest BCUT2D eigenvalue weighted by Crippen LogP contribution is -2.28. The van der Waals surface area contributed by atoms with Gasteiger partial charge in [-0.2, -0.15) is 5.26 Å². The van der Waals surface area contributed by atoms with Crippen LogP contribution in [0.1, 0.15) is 30.1 Å². The van der Waals surface area contributed by atoms with Gasteiger partial charge < -0.3 is 10.0 Å². The molecule has 2 rings (SSSR count). The number of aromatic nitrogens is 1. The molecule has 1 N–H and O–H groups in total. The minimum absolute atomic E-state index is 0.132. The minimum Gasteiger partial charge on any atom is -0.465 e. The fraction of sp³-hybridized carbons (Fsp3) is 0.364. The maximum atomic E-state index is 11.0. The first kappa shape index (κ1) is 10.4. The molecule has 0 radical (unpaired) electrons. The van der Waals surface area contributed by atoms with Crippen LogP contribution >= 0.6 is 0 Å². The molecule has 5 heteroatoms. The molecule has 1 aromatic heterocycles. The highest BCUT2D eigenvalue weighted by Gasteiger charge is 2.29. The molecule has 82 valence electrons. The van der Waals surface area contributed by atoms with Crippen LogP contribution in [0.4, 0.5) is 4.79 Å². The van der Waals surface area contributed by atoms with Crippen LogP contribution in [-0.2, 0) is 0 Å². The number of hydrogen-bond acceptors (Lipinski definition) is 3. The molecule has 0 aliphatic carbocycles. The van der Waals surface area contributed by atoms with E-state index in [9.17, 15) is 4.79 Å². The Bertz CT molecular complexity index is 453. The largest absolute Gasteiger partial charge is 0.465 e. The number of pyridine rings is 1. The summed E-state index contributed by atoms with van der Waals surface area (Å²) in [6.45, 7) is 0.560. The lowest BCUT2D eigenvalue weighted by Gasteiger charge is -2.21. The van der Waals surface area contributed by atoms with Crippen molar-refractivity contribution in [1.82, 2.24) is 9.88 Å². The summed E-state index contributed by atoms with van der Waals surface area (Å²) >= 11 is 0. The Morgan fingerprint density at radius 2 is 2.50 bits per heavy atom. The highest BCUT2D eigenvalue weighted by atomic mass is 16.4. The summed E-state index contributed by atoms with van der Waals surface area (Å²) in [6.07, 6.45) is 2.31. The second-order valence-corrected chi connectivity index (χ2v) is 3.72. The quantitative estimate of drug-likeness (QED) is 0.777. The maximum absolute atomic E-state index is 11.0. The van der Waals surface area contributed by atoms with Gasteiger partial charge in [-0.15, -0.1) is 0 Å². The van der Waals surface area contributed by atoms with E-state index in [2.05, 4.69) is 4.98 Å². The Labute approximate surface area is 92.9 Å². The van der Waals surface area contributed by atoms with E-state index in [1.165, 1.54) is 4.90 Å². The summed E-state index contributed by atoms with van der Waals surface area (Å²) < 4.78 is 0. The molecule has 0 aromatic carbocycles. The van der Waals surface area contributed by atoms with Crippen molar-refractivity contribution in [3.05, 3.63) is 29.6 Å². The summed E-state index contributed by atoms with van der Waals surface area (Å²) in [4.78, 5) is 16.3. The summed E-state index contributed by atoms with van der Waals surface area (Å²) in [5.74, 6) is 0. The monoisotopic (exact) mass is 217 g/mol. The summed E-state index contributed by atoms with van der Waals surface area (Å²) in [5.41, 5.74) is 1.18. The number of nitrogens with zero attached hydrogens (tertiary/aromatic N) is 3. The van der Waals surface area contributed by atoms with Crippen LogP contribution in [0.5, 0.6) is 0 Å². The number of amides is 1. The van der Waals surface area contributed by atoms with E-state index in [0.29, 0.717) is 12.2 Å². The van der Waals surface area contributed by atoms with Gasteiger partial charge >= 0.3 is 6.09 Å². The molecule has 1 amide bonds. The van der Waals surface area contributed by atoms with Crippen molar-refractivity contribution in [3.8, 4) is 6.07 Å². The average molecular weight is 217 g/mol. The molecular formula is C11H11N3O2. The molecule has 1 saturated heterocycles. The number of hydrogen-bond donors (Lipinski definition) is 1. The molecule has 5 nitrogen and oxygen atoms in total. The number of carboxylic acid groups (broad SMARTS) is 1. The van der Waals surface area contributed by atoms with Gasteiger partial charge in [-0.05, 0) is 30.5 Å². The van der Waals surface area contributed by atoms with Crippen molar-refractivity contribution in [3.63, 3.8) is 0 Å². The fourth-order valence-corrected chi connectivity index (χ4v) is 2.06. The van der Waals surface area contributed by atoms with Crippen molar-refractivity contribution >= 4 is 6.09 Å². The standard InChI is InChI=1S/C11H11N3O2/c12-7-9-6-8(3-4-13-9)10-2-1-5-14(10)11(15)16/h3-4,6,10H,1-2,5H2,(H,15,16). The Morgan fingerprint density at radius 1 is 1.69 bits per heavy atom. The lowest BCUT2D eigenvalue weighted by molar-refractivity contribution is 0.140. The van der Waals surface area contributed by atoms with Crippen LogP contribution in [0.15, 0.2) is 18.3 Å². The molecule has 1 aromatic rings. The predicted octanol–water partition coefficient (Wildman–Crippen LogP) is 1.77. The molecule has 0 saturated carbocycles. The fourth-order valence-electron chi connectivity index (χ4n) is 2.06. The Kier molecular flexibility index (Phi) is 2.73. The maximum Gasteiger partial charge on any atom is 0.407 e. The molecule has 1 fully saturated rings. The Morgan fingerprint density at radius 3 is 3.19 bits per heavy atom. The topological polar surface area (TPSA) is 77.2 Å². The zero-order chi connectivity index (χ0) is 11.5. The Balaban J connectivity index is 2.29. The smallest absolute Gasteiger partial charge is 0.407 e. The van der Waals surface area contributed by atoms with Crippen LogP contribution in [0.3, 0.4) is 0 Å². The third-order valence-electron chi connectivity index (χ3n) is 2.78. The number of carbonyl (C=O) groups is 1. The van der Waals surface area contributed by atoms with Gasteiger partial charge in [0.1, 0.15) is 11.8 Å². The number of nitriles is 1. The molecule has 0 spiro atoms. The summed E-state index contributed by atoms with van der Waals surface area (Å²) in [7, 11) is 0. The Hall–Kier alpha value is -2.09. The predicted molar refractivity (Wildman–Crippen MR) is 55.7 cm³/mol. The molecule has 0 bridgehead atoms. The third kappa shape index (κ3) is 1.82. The van der Waals surface area contributed by atoms with E-state index in [4.69, 9.17) is 10.4 Å². The molecule has 1 aliphatic heterocycles. The van der Waals surface area contributed by atoms with Crippen molar-refractivity contribution in [2.45, 2.75) is 18.9 Å². The van der Waals surface area contributed by atoms with Gasteiger partial charge in [-0.25, -0.2) is 9.78 Å². The van der Waals surface area contributed by atoms with Gasteiger partial charge in [0.25, 0.3) is 0 Å². The summed E-state index contributed by atoms with van der Waals surface area (Å²) in [5, 5.41) is 17.8. The molecule has 2 heterocycles. The van der Waals surface area contributed by atoms with Gasteiger partial charge in [0.2, 0.25) is 0 Å². The van der Waals surface area contributed by atoms with E-state index in [1.807, 2.05) is 6.07 Å². The van der Waals surface area contributed by atoms with E-state index in [0.717, 1.165) is 18.4 Å². The molecular weight excluding hydrogens is 206 g/mol. The van der Waals surface area contributed by atoms with Gasteiger partial charge in [0.15, 0.2) is 0 Å². The van der Waals surface area contributed by atoms with Gasteiger partial charge in [0.05, 0.1) is 6.04 Å². The lowest BCUT2D eigenvalue weighted by atomic mass is 10.1. The first-order chi connectivity index (χ1) is 7.72. The van der Waals surface area contributed by atoms with E-state index in [-0.39, 0.29) is 6.04 Å². The third-order valence-corrected chi connectivity index (χ3v) is 2.78. The van der Waals surface area contributed by atoms with E-state index in [1.54, 1.807) is 18.3 Å². The SMILES string of the molecule is N#Cc1cc(C2CCCN2C(=O)O)ccn1. The summed E-state index contributed by atoms with van der Waals surface area (Å²) in [6, 6.07) is 5.26. The zero-order valence-corrected chi connectivity index (χ0v) is 8.63. The van der Waals surface area contributed by atoms with Gasteiger partial charge in [0, 0.05) is 12.7 Å². The minimum atomic E-state index is -0.905. The van der Waals surface area contributed by atoms with Crippen LogP contribution in [0.2, 0.25) is 0 Å². The van der Waals surface area contributed by atoms with Crippen molar-refractivity contribution in [2.24, 2.45) is 0 Å². The van der Waals surface area contributed by atoms with Crippen molar-refractivity contribution in [1.29, 1.82) is 5.26 Å². The number of likely N-dealkylation sites (tertiary alicyclic amines) is 1. The highest BCUT2D eigenvalue weighted by Crippen LogP contribution is 2.31. The second-order valence-electron chi connectivity index (χ2n) is 3.72. The average Bonchev–Trinajstić information content (AvgIpc) is 2.78. The zero-order valence-electron chi connectivity index (χ0n) is 8.63. The van der Waals surface area contributed by atoms with E-state index >= 15 is 0 Å². The van der Waals surface area contributed by atoms with Crippen LogP contribution < -0.4 is 0 Å². The molecule has 1 aliphatic rings. The molecule has 16 heavy (non-hydrogen) atoms. The van der Waals surface area contributed by atoms with Gasteiger partial charge in [-0.3, -0.25) is 0 Å². The second kappa shape index (κ2) is 4.19. The van der Waals surface area contributed by atoms with Crippen molar-refractivity contribution < 1.29 is 9.90 Å². The van der Waals surface area contributed by atoms with Crippen LogP contribution in [0, 0.1) is 11.3 Å². The van der Waals surface area contributed by atoms with E-state index < -0.39 is 6.09 Å².